The second kappa shape index (κ2) is 7.73. The highest BCUT2D eigenvalue weighted by Gasteiger charge is 2.47. The number of amides is 1. The van der Waals surface area contributed by atoms with Gasteiger partial charge in [-0.2, -0.15) is 5.26 Å². The first-order valence-electron chi connectivity index (χ1n) is 10.9. The van der Waals surface area contributed by atoms with Crippen molar-refractivity contribution in [1.29, 1.82) is 5.26 Å². The molecule has 2 aromatic carbocycles. The van der Waals surface area contributed by atoms with Crippen molar-refractivity contribution in [2.75, 3.05) is 6.54 Å². The zero-order chi connectivity index (χ0) is 21.4. The van der Waals surface area contributed by atoms with Crippen LogP contribution in [0.4, 0.5) is 4.79 Å². The molecule has 2 heterocycles. The van der Waals surface area contributed by atoms with Gasteiger partial charge in [0, 0.05) is 13.1 Å². The van der Waals surface area contributed by atoms with Gasteiger partial charge in [-0.05, 0) is 62.3 Å². The zero-order valence-electron chi connectivity index (χ0n) is 17.8. The van der Waals surface area contributed by atoms with E-state index in [1.165, 1.54) is 5.56 Å². The largest absolute Gasteiger partial charge is 0.441 e. The van der Waals surface area contributed by atoms with Crippen LogP contribution in [-0.2, 0) is 17.8 Å². The number of nitriles is 1. The minimum atomic E-state index is -0.381. The summed E-state index contributed by atoms with van der Waals surface area (Å²) in [6, 6.07) is 16.1. The quantitative estimate of drug-likeness (QED) is 0.615. The van der Waals surface area contributed by atoms with E-state index in [0.29, 0.717) is 24.6 Å². The second-order valence-corrected chi connectivity index (χ2v) is 9.07. The molecule has 2 fully saturated rings. The first-order valence-corrected chi connectivity index (χ1v) is 10.9. The van der Waals surface area contributed by atoms with Gasteiger partial charge in [0.05, 0.1) is 35.5 Å². The van der Waals surface area contributed by atoms with Gasteiger partial charge in [0.1, 0.15) is 5.60 Å². The molecule has 1 aromatic heterocycles. The normalized spacial score (nSPS) is 23.3. The Morgan fingerprint density at radius 1 is 1.29 bits per heavy atom. The smallest absolute Gasteiger partial charge is 0.410 e. The summed E-state index contributed by atoms with van der Waals surface area (Å²) in [5, 5.41) is 9.10. The molecule has 1 amide bonds. The first-order chi connectivity index (χ1) is 15.0. The number of nitrogens with zero attached hydrogens (tertiary/aromatic N) is 4. The lowest BCUT2D eigenvalue weighted by molar-refractivity contribution is 0.00415. The van der Waals surface area contributed by atoms with Crippen molar-refractivity contribution in [3.63, 3.8) is 0 Å². The van der Waals surface area contributed by atoms with Gasteiger partial charge < -0.3 is 9.30 Å². The summed E-state index contributed by atoms with van der Waals surface area (Å²) in [7, 11) is 0. The molecule has 6 nitrogen and oxygen atoms in total. The maximum Gasteiger partial charge on any atom is 0.410 e. The van der Waals surface area contributed by atoms with Gasteiger partial charge in [-0.15, -0.1) is 0 Å². The molecule has 1 aliphatic carbocycles. The van der Waals surface area contributed by atoms with Crippen molar-refractivity contribution in [2.45, 2.75) is 51.3 Å². The summed E-state index contributed by atoms with van der Waals surface area (Å²) in [6.07, 6.45) is 5.64. The summed E-state index contributed by atoms with van der Waals surface area (Å²) in [5.74, 6) is 0.425. The molecule has 3 aromatic rings. The number of benzene rings is 2. The molecule has 0 radical (unpaired) electrons. The molecule has 6 heteroatoms. The van der Waals surface area contributed by atoms with Gasteiger partial charge in [0.2, 0.25) is 0 Å². The van der Waals surface area contributed by atoms with Crippen LogP contribution in [-0.4, -0.2) is 32.7 Å². The predicted molar refractivity (Wildman–Crippen MR) is 117 cm³/mol. The highest BCUT2D eigenvalue weighted by Crippen LogP contribution is 2.41. The molecule has 5 rings (SSSR count). The number of aryl methyl sites for hydroxylation is 1. The molecule has 2 atom stereocenters. The number of carbonyl (C=O) groups is 1. The molecule has 2 aliphatic rings. The van der Waals surface area contributed by atoms with E-state index in [4.69, 9.17) is 10.00 Å². The number of hydrogen-bond donors (Lipinski definition) is 0. The average Bonchev–Trinajstić information content (AvgIpc) is 3.28. The molecule has 0 N–H and O–H groups in total. The van der Waals surface area contributed by atoms with E-state index >= 15 is 0 Å². The number of aromatic nitrogens is 2. The fourth-order valence-corrected chi connectivity index (χ4v) is 5.24. The van der Waals surface area contributed by atoms with Crippen molar-refractivity contribution in [1.82, 2.24) is 14.5 Å². The Hall–Kier alpha value is -3.33. The number of fused-ring (bicyclic) bond motifs is 1. The Morgan fingerprint density at radius 2 is 2.19 bits per heavy atom. The fraction of sp³-hybridized carbons (Fsp3) is 0.400. The van der Waals surface area contributed by atoms with E-state index < -0.39 is 0 Å². The second-order valence-electron chi connectivity index (χ2n) is 9.07. The highest BCUT2D eigenvalue weighted by molar-refractivity contribution is 5.77. The fourth-order valence-electron chi connectivity index (χ4n) is 5.24. The van der Waals surface area contributed by atoms with Crippen LogP contribution in [0.25, 0.3) is 11.0 Å². The van der Waals surface area contributed by atoms with Crippen LogP contribution < -0.4 is 0 Å². The third-order valence-electron chi connectivity index (χ3n) is 6.61. The summed E-state index contributed by atoms with van der Waals surface area (Å²) < 4.78 is 8.17. The van der Waals surface area contributed by atoms with Gasteiger partial charge in [-0.1, -0.05) is 29.8 Å². The third kappa shape index (κ3) is 3.88. The maximum absolute atomic E-state index is 12.7. The Kier molecular flexibility index (Phi) is 4.90. The Balaban J connectivity index is 1.29. The third-order valence-corrected chi connectivity index (χ3v) is 6.61. The molecule has 1 aliphatic heterocycles. The predicted octanol–water partition coefficient (Wildman–Crippen LogP) is 4.80. The molecule has 1 saturated heterocycles. The van der Waals surface area contributed by atoms with E-state index in [2.05, 4.69) is 40.7 Å². The van der Waals surface area contributed by atoms with Crippen LogP contribution >= 0.6 is 0 Å². The number of hydrogen-bond acceptors (Lipinski definition) is 4. The standard InChI is InChI=1S/C25H26N4O2/c1-18-4-2-5-20(10-18)14-28-16-25(31-24(28)30)9-3-6-21(12-25)15-29-17-27-22-11-19(13-26)7-8-23(22)29/h2,4-5,7-8,10-11,17,21H,3,6,9,12,14-16H2,1H3. The van der Waals surface area contributed by atoms with Gasteiger partial charge in [-0.25, -0.2) is 9.78 Å². The number of carbonyl (C=O) groups excluding carboxylic acids is 1. The topological polar surface area (TPSA) is 71.2 Å². The summed E-state index contributed by atoms with van der Waals surface area (Å²) in [6.45, 7) is 4.17. The molecular weight excluding hydrogens is 388 g/mol. The minimum absolute atomic E-state index is 0.195. The first kappa shape index (κ1) is 19.6. The van der Waals surface area contributed by atoms with Crippen molar-refractivity contribution in [3.05, 3.63) is 65.5 Å². The lowest BCUT2D eigenvalue weighted by atomic mass is 9.78. The number of ether oxygens (including phenoxy) is 1. The highest BCUT2D eigenvalue weighted by atomic mass is 16.6. The number of imidazole rings is 1. The molecular formula is C25H26N4O2. The van der Waals surface area contributed by atoms with Crippen molar-refractivity contribution >= 4 is 17.1 Å². The van der Waals surface area contributed by atoms with E-state index in [1.54, 1.807) is 0 Å². The Morgan fingerprint density at radius 3 is 3.03 bits per heavy atom. The van der Waals surface area contributed by atoms with Gasteiger partial charge >= 0.3 is 6.09 Å². The van der Waals surface area contributed by atoms with E-state index in [-0.39, 0.29) is 11.7 Å². The van der Waals surface area contributed by atoms with Gasteiger partial charge in [0.15, 0.2) is 0 Å². The summed E-state index contributed by atoms with van der Waals surface area (Å²) in [4.78, 5) is 19.0. The molecule has 31 heavy (non-hydrogen) atoms. The lowest BCUT2D eigenvalue weighted by Gasteiger charge is -2.36. The van der Waals surface area contributed by atoms with Crippen LogP contribution in [0.5, 0.6) is 0 Å². The van der Waals surface area contributed by atoms with Crippen LogP contribution in [0.3, 0.4) is 0 Å². The lowest BCUT2D eigenvalue weighted by Crippen LogP contribution is -2.40. The maximum atomic E-state index is 12.7. The van der Waals surface area contributed by atoms with Crippen molar-refractivity contribution in [2.24, 2.45) is 5.92 Å². The summed E-state index contributed by atoms with van der Waals surface area (Å²) in [5.41, 5.74) is 4.48. The average molecular weight is 415 g/mol. The van der Waals surface area contributed by atoms with E-state index in [1.807, 2.05) is 35.5 Å². The van der Waals surface area contributed by atoms with Crippen molar-refractivity contribution in [3.8, 4) is 6.07 Å². The van der Waals surface area contributed by atoms with E-state index in [0.717, 1.165) is 48.8 Å². The number of rotatable bonds is 4. The minimum Gasteiger partial charge on any atom is -0.441 e. The Labute approximate surface area is 182 Å². The molecule has 1 saturated carbocycles. The van der Waals surface area contributed by atoms with E-state index in [9.17, 15) is 4.79 Å². The molecule has 0 bridgehead atoms. The van der Waals surface area contributed by atoms with Crippen LogP contribution in [0, 0.1) is 24.2 Å². The summed E-state index contributed by atoms with van der Waals surface area (Å²) >= 11 is 0. The Bertz CT molecular complexity index is 1180. The zero-order valence-corrected chi connectivity index (χ0v) is 17.8. The van der Waals surface area contributed by atoms with Gasteiger partial charge in [0.25, 0.3) is 0 Å². The molecule has 1 spiro atoms. The van der Waals surface area contributed by atoms with Crippen molar-refractivity contribution < 1.29 is 9.53 Å². The van der Waals surface area contributed by atoms with Crippen LogP contribution in [0.1, 0.15) is 42.4 Å². The van der Waals surface area contributed by atoms with Crippen LogP contribution in [0.2, 0.25) is 0 Å². The van der Waals surface area contributed by atoms with Gasteiger partial charge in [-0.3, -0.25) is 4.90 Å². The SMILES string of the molecule is Cc1cccc(CN2CC3(CCCC(Cn4cnc5cc(C#N)ccc54)C3)OC2=O)c1. The molecule has 158 valence electrons. The molecule has 2 unspecified atom stereocenters. The van der Waals surface area contributed by atoms with Crippen LogP contribution in [0.15, 0.2) is 48.8 Å². The monoisotopic (exact) mass is 414 g/mol.